The predicted molar refractivity (Wildman–Crippen MR) is 68.4 cm³/mol. The molecule has 2 rings (SSSR count). The smallest absolute Gasteiger partial charge is 0.140 e. The highest BCUT2D eigenvalue weighted by Gasteiger charge is 2.21. The molecule has 3 nitrogen and oxygen atoms in total. The Hall–Kier alpha value is -1.44. The summed E-state index contributed by atoms with van der Waals surface area (Å²) in [5.41, 5.74) is 1.15. The van der Waals surface area contributed by atoms with Gasteiger partial charge in [-0.1, -0.05) is 6.07 Å². The standard InChI is InChI=1S/C14H18FN3/c1-17-8-12-4-5-18(10-12)9-11-2-3-14(15)13(6-11)7-16/h2-3,6,12,17H,4-5,8-10H2,1H3. The van der Waals surface area contributed by atoms with Crippen LogP contribution in [0.4, 0.5) is 4.39 Å². The maximum atomic E-state index is 13.2. The minimum Gasteiger partial charge on any atom is -0.319 e. The van der Waals surface area contributed by atoms with Gasteiger partial charge in [-0.2, -0.15) is 5.26 Å². The molecule has 0 bridgehead atoms. The second kappa shape index (κ2) is 5.94. The zero-order valence-corrected chi connectivity index (χ0v) is 10.6. The van der Waals surface area contributed by atoms with Gasteiger partial charge in [-0.15, -0.1) is 0 Å². The maximum Gasteiger partial charge on any atom is 0.140 e. The zero-order valence-electron chi connectivity index (χ0n) is 10.6. The lowest BCUT2D eigenvalue weighted by Gasteiger charge is -2.16. The van der Waals surface area contributed by atoms with E-state index in [1.54, 1.807) is 12.1 Å². The second-order valence-electron chi connectivity index (χ2n) is 4.87. The van der Waals surface area contributed by atoms with E-state index in [0.717, 1.165) is 31.7 Å². The van der Waals surface area contributed by atoms with E-state index in [4.69, 9.17) is 5.26 Å². The third kappa shape index (κ3) is 3.06. The van der Waals surface area contributed by atoms with Crippen molar-refractivity contribution in [3.8, 4) is 6.07 Å². The van der Waals surface area contributed by atoms with E-state index in [-0.39, 0.29) is 5.56 Å². The number of nitriles is 1. The molecule has 1 fully saturated rings. The van der Waals surface area contributed by atoms with Gasteiger partial charge in [0.05, 0.1) is 5.56 Å². The molecule has 1 saturated heterocycles. The highest BCUT2D eigenvalue weighted by molar-refractivity contribution is 5.34. The Morgan fingerprint density at radius 1 is 1.56 bits per heavy atom. The summed E-state index contributed by atoms with van der Waals surface area (Å²) in [6.45, 7) is 3.99. The minimum absolute atomic E-state index is 0.137. The van der Waals surface area contributed by atoms with Crippen LogP contribution in [0.5, 0.6) is 0 Å². The van der Waals surface area contributed by atoms with Gasteiger partial charge in [0.2, 0.25) is 0 Å². The Balaban J connectivity index is 1.97. The molecule has 1 unspecified atom stereocenters. The first kappa shape index (κ1) is 13.0. The van der Waals surface area contributed by atoms with E-state index in [2.05, 4.69) is 10.2 Å². The van der Waals surface area contributed by atoms with Crippen molar-refractivity contribution in [1.82, 2.24) is 10.2 Å². The lowest BCUT2D eigenvalue weighted by molar-refractivity contribution is 0.315. The van der Waals surface area contributed by atoms with Crippen LogP contribution in [0.2, 0.25) is 0 Å². The molecule has 96 valence electrons. The van der Waals surface area contributed by atoms with Crippen LogP contribution in [0.3, 0.4) is 0 Å². The molecule has 1 N–H and O–H groups in total. The summed E-state index contributed by atoms with van der Waals surface area (Å²) in [5.74, 6) is 0.265. The van der Waals surface area contributed by atoms with Crippen LogP contribution in [-0.2, 0) is 6.54 Å². The Morgan fingerprint density at radius 3 is 3.11 bits per heavy atom. The predicted octanol–water partition coefficient (Wildman–Crippen LogP) is 1.74. The molecule has 0 aliphatic carbocycles. The van der Waals surface area contributed by atoms with Crippen LogP contribution in [0, 0.1) is 23.1 Å². The molecule has 0 radical (unpaired) electrons. The van der Waals surface area contributed by atoms with Gasteiger partial charge in [-0.05, 0) is 50.2 Å². The van der Waals surface area contributed by atoms with Crippen LogP contribution in [-0.4, -0.2) is 31.6 Å². The van der Waals surface area contributed by atoms with Crippen molar-refractivity contribution in [3.05, 3.63) is 35.1 Å². The van der Waals surface area contributed by atoms with Crippen LogP contribution in [0.15, 0.2) is 18.2 Å². The number of benzene rings is 1. The first-order valence-corrected chi connectivity index (χ1v) is 6.28. The van der Waals surface area contributed by atoms with Gasteiger partial charge in [0.15, 0.2) is 0 Å². The first-order chi connectivity index (χ1) is 8.72. The third-order valence-corrected chi connectivity index (χ3v) is 3.42. The Bertz CT molecular complexity index is 453. The summed E-state index contributed by atoms with van der Waals surface area (Å²) in [4.78, 5) is 2.36. The average molecular weight is 247 g/mol. The molecule has 0 aromatic heterocycles. The number of rotatable bonds is 4. The molecule has 4 heteroatoms. The van der Waals surface area contributed by atoms with Crippen molar-refractivity contribution in [2.45, 2.75) is 13.0 Å². The van der Waals surface area contributed by atoms with Gasteiger partial charge >= 0.3 is 0 Å². The summed E-state index contributed by atoms with van der Waals surface area (Å²) in [5, 5.41) is 12.0. The van der Waals surface area contributed by atoms with Crippen LogP contribution < -0.4 is 5.32 Å². The molecule has 0 spiro atoms. The van der Waals surface area contributed by atoms with Gasteiger partial charge in [0.25, 0.3) is 0 Å². The summed E-state index contributed by atoms with van der Waals surface area (Å²) in [7, 11) is 1.97. The Labute approximate surface area is 107 Å². The Kier molecular flexibility index (Phi) is 4.29. The molecule has 0 amide bonds. The van der Waals surface area contributed by atoms with E-state index in [9.17, 15) is 4.39 Å². The van der Waals surface area contributed by atoms with Crippen molar-refractivity contribution in [2.75, 3.05) is 26.7 Å². The SMILES string of the molecule is CNCC1CCN(Cc2ccc(F)c(C#N)c2)C1. The second-order valence-corrected chi connectivity index (χ2v) is 4.87. The highest BCUT2D eigenvalue weighted by Crippen LogP contribution is 2.19. The van der Waals surface area contributed by atoms with Crippen molar-refractivity contribution in [2.24, 2.45) is 5.92 Å². The summed E-state index contributed by atoms with van der Waals surface area (Å²) < 4.78 is 13.2. The number of halogens is 1. The summed E-state index contributed by atoms with van der Waals surface area (Å²) in [6.07, 6.45) is 1.20. The number of hydrogen-bond acceptors (Lipinski definition) is 3. The number of nitrogens with zero attached hydrogens (tertiary/aromatic N) is 2. The van der Waals surface area contributed by atoms with E-state index in [1.807, 2.05) is 13.1 Å². The largest absolute Gasteiger partial charge is 0.319 e. The summed E-state index contributed by atoms with van der Waals surface area (Å²) in [6, 6.07) is 6.69. The molecule has 1 aromatic carbocycles. The van der Waals surface area contributed by atoms with E-state index >= 15 is 0 Å². The molecule has 1 aromatic rings. The van der Waals surface area contributed by atoms with Gasteiger partial charge in [0.1, 0.15) is 11.9 Å². The molecule has 1 aliphatic heterocycles. The van der Waals surface area contributed by atoms with Gasteiger partial charge in [-0.25, -0.2) is 4.39 Å². The van der Waals surface area contributed by atoms with E-state index < -0.39 is 5.82 Å². The normalized spacial score (nSPS) is 19.9. The molecular weight excluding hydrogens is 229 g/mol. The average Bonchev–Trinajstić information content (AvgIpc) is 2.80. The molecule has 1 heterocycles. The van der Waals surface area contributed by atoms with Crippen molar-refractivity contribution in [3.63, 3.8) is 0 Å². The van der Waals surface area contributed by atoms with E-state index in [1.165, 1.54) is 12.5 Å². The van der Waals surface area contributed by atoms with Crippen LogP contribution in [0.25, 0.3) is 0 Å². The quantitative estimate of drug-likeness (QED) is 0.881. The number of likely N-dealkylation sites (tertiary alicyclic amines) is 1. The summed E-state index contributed by atoms with van der Waals surface area (Å²) >= 11 is 0. The van der Waals surface area contributed by atoms with E-state index in [0.29, 0.717) is 5.92 Å². The molecule has 18 heavy (non-hydrogen) atoms. The fourth-order valence-corrected chi connectivity index (χ4v) is 2.53. The topological polar surface area (TPSA) is 39.1 Å². The van der Waals surface area contributed by atoms with Gasteiger partial charge in [-0.3, -0.25) is 4.90 Å². The van der Waals surface area contributed by atoms with Crippen molar-refractivity contribution >= 4 is 0 Å². The van der Waals surface area contributed by atoms with Gasteiger partial charge in [0, 0.05) is 13.1 Å². The van der Waals surface area contributed by atoms with Crippen molar-refractivity contribution in [1.29, 1.82) is 5.26 Å². The Morgan fingerprint density at radius 2 is 2.39 bits per heavy atom. The molecule has 0 saturated carbocycles. The molecule has 1 aliphatic rings. The lowest BCUT2D eigenvalue weighted by Crippen LogP contribution is -2.24. The van der Waals surface area contributed by atoms with Crippen LogP contribution in [0.1, 0.15) is 17.5 Å². The third-order valence-electron chi connectivity index (χ3n) is 3.42. The first-order valence-electron chi connectivity index (χ1n) is 6.28. The molecular formula is C14H18FN3. The van der Waals surface area contributed by atoms with Crippen LogP contribution >= 0.6 is 0 Å². The zero-order chi connectivity index (χ0) is 13.0. The fraction of sp³-hybridized carbons (Fsp3) is 0.500. The molecule has 1 atom stereocenters. The van der Waals surface area contributed by atoms with Crippen molar-refractivity contribution < 1.29 is 4.39 Å². The fourth-order valence-electron chi connectivity index (χ4n) is 2.53. The minimum atomic E-state index is -0.435. The highest BCUT2D eigenvalue weighted by atomic mass is 19.1. The van der Waals surface area contributed by atoms with Gasteiger partial charge < -0.3 is 5.32 Å². The maximum absolute atomic E-state index is 13.2. The lowest BCUT2D eigenvalue weighted by atomic mass is 10.1. The monoisotopic (exact) mass is 247 g/mol. The number of nitrogens with one attached hydrogen (secondary N) is 1. The number of hydrogen-bond donors (Lipinski definition) is 1.